The van der Waals surface area contributed by atoms with Gasteiger partial charge in [-0.3, -0.25) is 9.10 Å². The molecule has 0 heterocycles. The Morgan fingerprint density at radius 3 is 2.24 bits per heavy atom. The zero-order chi connectivity index (χ0) is 21.8. The van der Waals surface area contributed by atoms with Crippen LogP contribution in [0.2, 0.25) is 0 Å². The Kier molecular flexibility index (Phi) is 6.97. The number of benzene rings is 2. The van der Waals surface area contributed by atoms with E-state index in [-0.39, 0.29) is 12.5 Å². The van der Waals surface area contributed by atoms with E-state index >= 15 is 0 Å². The highest BCUT2D eigenvalue weighted by Gasteiger charge is 2.18. The Morgan fingerprint density at radius 1 is 1.03 bits per heavy atom. The molecule has 0 radical (unpaired) electrons. The number of carbonyl (C=O) groups is 1. The van der Waals surface area contributed by atoms with Crippen LogP contribution in [0.5, 0.6) is 17.2 Å². The summed E-state index contributed by atoms with van der Waals surface area (Å²) in [5, 5.41) is 2.82. The molecule has 0 unspecified atom stereocenters. The lowest BCUT2D eigenvalue weighted by Gasteiger charge is -2.20. The van der Waals surface area contributed by atoms with Crippen molar-refractivity contribution in [3.63, 3.8) is 0 Å². The van der Waals surface area contributed by atoms with Crippen molar-refractivity contribution in [2.75, 3.05) is 38.9 Å². The predicted octanol–water partition coefficient (Wildman–Crippen LogP) is 2.35. The smallest absolute Gasteiger partial charge is 0.251 e. The Bertz CT molecular complexity index is 1000. The Hall–Kier alpha value is -2.94. The number of aryl methyl sites for hydroxylation is 1. The molecule has 29 heavy (non-hydrogen) atoms. The van der Waals surface area contributed by atoms with Crippen molar-refractivity contribution in [1.29, 1.82) is 0 Å². The molecule has 0 fully saturated rings. The molecule has 0 aliphatic heterocycles. The van der Waals surface area contributed by atoms with E-state index in [0.717, 1.165) is 16.1 Å². The lowest BCUT2D eigenvalue weighted by atomic mass is 10.1. The molecule has 0 spiro atoms. The van der Waals surface area contributed by atoms with Gasteiger partial charge in [-0.05, 0) is 36.8 Å². The highest BCUT2D eigenvalue weighted by molar-refractivity contribution is 7.92. The van der Waals surface area contributed by atoms with E-state index < -0.39 is 10.0 Å². The average Bonchev–Trinajstić information content (AvgIpc) is 2.70. The molecule has 9 heteroatoms. The van der Waals surface area contributed by atoms with Crippen LogP contribution in [0.4, 0.5) is 5.69 Å². The zero-order valence-corrected chi connectivity index (χ0v) is 18.2. The number of hydrogen-bond acceptors (Lipinski definition) is 6. The van der Waals surface area contributed by atoms with Gasteiger partial charge in [0.05, 0.1) is 33.3 Å². The third-order valence-corrected chi connectivity index (χ3v) is 5.72. The molecular formula is C20H26N2O6S. The van der Waals surface area contributed by atoms with Crippen LogP contribution in [0.25, 0.3) is 0 Å². The average molecular weight is 423 g/mol. The molecule has 0 saturated carbocycles. The first-order valence-corrected chi connectivity index (χ1v) is 10.6. The molecule has 0 atom stereocenters. The van der Waals surface area contributed by atoms with E-state index in [1.807, 2.05) is 0 Å². The third-order valence-electron chi connectivity index (χ3n) is 4.53. The minimum Gasteiger partial charge on any atom is -0.493 e. The van der Waals surface area contributed by atoms with Gasteiger partial charge in [-0.15, -0.1) is 0 Å². The van der Waals surface area contributed by atoms with Crippen molar-refractivity contribution in [1.82, 2.24) is 5.32 Å². The van der Waals surface area contributed by atoms with Crippen LogP contribution in [-0.4, -0.2) is 49.0 Å². The number of nitrogens with one attached hydrogen (secondary N) is 1. The SMILES string of the molecule is COc1ccc(CNC(=O)c2ccc(C)c(N(C)S(C)(=O)=O)c2)c(OC)c1OC. The Balaban J connectivity index is 2.26. The highest BCUT2D eigenvalue weighted by Crippen LogP contribution is 2.39. The molecule has 1 N–H and O–H groups in total. The molecule has 2 aromatic carbocycles. The summed E-state index contributed by atoms with van der Waals surface area (Å²) in [4.78, 5) is 12.7. The van der Waals surface area contributed by atoms with Gasteiger partial charge in [-0.25, -0.2) is 8.42 Å². The van der Waals surface area contributed by atoms with Gasteiger partial charge in [0.2, 0.25) is 15.8 Å². The van der Waals surface area contributed by atoms with E-state index in [4.69, 9.17) is 14.2 Å². The maximum Gasteiger partial charge on any atom is 0.251 e. The summed E-state index contributed by atoms with van der Waals surface area (Å²) < 4.78 is 40.9. The summed E-state index contributed by atoms with van der Waals surface area (Å²) in [7, 11) is 2.56. The van der Waals surface area contributed by atoms with Gasteiger partial charge in [0.1, 0.15) is 0 Å². The normalized spacial score (nSPS) is 11.0. The molecule has 1 amide bonds. The monoisotopic (exact) mass is 422 g/mol. The van der Waals surface area contributed by atoms with Crippen LogP contribution < -0.4 is 23.8 Å². The molecule has 0 aliphatic carbocycles. The molecule has 2 rings (SSSR count). The number of nitrogens with zero attached hydrogens (tertiary/aromatic N) is 1. The number of hydrogen-bond donors (Lipinski definition) is 1. The molecule has 0 aromatic heterocycles. The van der Waals surface area contributed by atoms with Crippen molar-refractivity contribution < 1.29 is 27.4 Å². The maximum atomic E-state index is 12.7. The summed E-state index contributed by atoms with van der Waals surface area (Å²) in [6.45, 7) is 1.97. The third kappa shape index (κ3) is 4.92. The molecule has 0 saturated heterocycles. The summed E-state index contributed by atoms with van der Waals surface area (Å²) in [5.74, 6) is 1.08. The summed E-state index contributed by atoms with van der Waals surface area (Å²) >= 11 is 0. The summed E-state index contributed by atoms with van der Waals surface area (Å²) in [5.41, 5.74) is 2.25. The molecule has 0 aliphatic rings. The zero-order valence-electron chi connectivity index (χ0n) is 17.4. The quantitative estimate of drug-likeness (QED) is 0.702. The van der Waals surface area contributed by atoms with Crippen molar-refractivity contribution in [2.24, 2.45) is 0 Å². The fourth-order valence-corrected chi connectivity index (χ4v) is 3.40. The molecular weight excluding hydrogens is 396 g/mol. The number of sulfonamides is 1. The second-order valence-corrected chi connectivity index (χ2v) is 8.42. The van der Waals surface area contributed by atoms with Crippen LogP contribution in [0, 0.1) is 6.92 Å². The van der Waals surface area contributed by atoms with Crippen LogP contribution in [0.15, 0.2) is 30.3 Å². The Labute approximate surface area is 171 Å². The van der Waals surface area contributed by atoms with Crippen molar-refractivity contribution in [3.05, 3.63) is 47.0 Å². The second kappa shape index (κ2) is 9.04. The second-order valence-electron chi connectivity index (χ2n) is 6.41. The first-order valence-electron chi connectivity index (χ1n) is 8.74. The van der Waals surface area contributed by atoms with Gasteiger partial charge in [0.15, 0.2) is 11.5 Å². The predicted molar refractivity (Wildman–Crippen MR) is 112 cm³/mol. The van der Waals surface area contributed by atoms with Crippen molar-refractivity contribution >= 4 is 21.6 Å². The molecule has 2 aromatic rings. The van der Waals surface area contributed by atoms with Gasteiger partial charge in [0, 0.05) is 24.7 Å². The van der Waals surface area contributed by atoms with Crippen LogP contribution in [-0.2, 0) is 16.6 Å². The number of amides is 1. The van der Waals surface area contributed by atoms with Gasteiger partial charge in [-0.2, -0.15) is 0 Å². The molecule has 8 nitrogen and oxygen atoms in total. The van der Waals surface area contributed by atoms with Crippen LogP contribution in [0.1, 0.15) is 21.5 Å². The first kappa shape index (κ1) is 22.4. The number of ether oxygens (including phenoxy) is 3. The summed E-state index contributed by atoms with van der Waals surface area (Å²) in [6, 6.07) is 8.42. The van der Waals surface area contributed by atoms with Crippen molar-refractivity contribution in [3.8, 4) is 17.2 Å². The van der Waals surface area contributed by atoms with E-state index in [0.29, 0.717) is 34.1 Å². The van der Waals surface area contributed by atoms with Gasteiger partial charge in [-0.1, -0.05) is 6.07 Å². The van der Waals surface area contributed by atoms with E-state index in [9.17, 15) is 13.2 Å². The number of carbonyl (C=O) groups excluding carboxylic acids is 1. The minimum absolute atomic E-state index is 0.188. The van der Waals surface area contributed by atoms with E-state index in [1.54, 1.807) is 37.3 Å². The van der Waals surface area contributed by atoms with Crippen molar-refractivity contribution in [2.45, 2.75) is 13.5 Å². The molecule has 0 bridgehead atoms. The summed E-state index contributed by atoms with van der Waals surface area (Å²) in [6.07, 6.45) is 1.11. The van der Waals surface area contributed by atoms with Crippen LogP contribution >= 0.6 is 0 Å². The highest BCUT2D eigenvalue weighted by atomic mass is 32.2. The van der Waals surface area contributed by atoms with E-state index in [1.165, 1.54) is 28.4 Å². The molecule has 158 valence electrons. The lowest BCUT2D eigenvalue weighted by Crippen LogP contribution is -2.27. The van der Waals surface area contributed by atoms with Crippen LogP contribution in [0.3, 0.4) is 0 Å². The first-order chi connectivity index (χ1) is 13.6. The number of methoxy groups -OCH3 is 3. The lowest BCUT2D eigenvalue weighted by molar-refractivity contribution is 0.0950. The van der Waals surface area contributed by atoms with Gasteiger partial charge >= 0.3 is 0 Å². The standard InChI is InChI=1S/C20H26N2O6S/c1-13-7-8-14(11-16(13)22(2)29(6,24)25)20(23)21-12-15-9-10-17(26-3)19(28-5)18(15)27-4/h7-11H,12H2,1-6H3,(H,21,23). The Morgan fingerprint density at radius 2 is 1.69 bits per heavy atom. The fourth-order valence-electron chi connectivity index (χ4n) is 2.85. The van der Waals surface area contributed by atoms with Gasteiger partial charge in [0.25, 0.3) is 5.91 Å². The van der Waals surface area contributed by atoms with Gasteiger partial charge < -0.3 is 19.5 Å². The fraction of sp³-hybridized carbons (Fsp3) is 0.350. The number of anilines is 1. The number of rotatable bonds is 8. The topological polar surface area (TPSA) is 94.2 Å². The minimum atomic E-state index is -3.44. The van der Waals surface area contributed by atoms with E-state index in [2.05, 4.69) is 5.32 Å². The maximum absolute atomic E-state index is 12.7. The largest absolute Gasteiger partial charge is 0.493 e.